The van der Waals surface area contributed by atoms with Gasteiger partial charge in [0, 0.05) is 19.3 Å². The smallest absolute Gasteiger partial charge is 0.287 e. The molecule has 21 heavy (non-hydrogen) atoms. The molecule has 3 heterocycles. The Morgan fingerprint density at radius 2 is 2.14 bits per heavy atom. The van der Waals surface area contributed by atoms with Crippen molar-refractivity contribution in [2.24, 2.45) is 0 Å². The Kier molecular flexibility index (Phi) is 3.19. The van der Waals surface area contributed by atoms with Crippen LogP contribution in [-0.4, -0.2) is 31.6 Å². The van der Waals surface area contributed by atoms with Gasteiger partial charge in [-0.25, -0.2) is 4.98 Å². The molecular weight excluding hydrogens is 272 g/mol. The predicted octanol–water partition coefficient (Wildman–Crippen LogP) is 1.67. The fourth-order valence-electron chi connectivity index (χ4n) is 2.00. The molecule has 0 N–H and O–H groups in total. The summed E-state index contributed by atoms with van der Waals surface area (Å²) in [5.41, 5.74) is 0.748. The van der Waals surface area contributed by atoms with Crippen LogP contribution in [0.4, 0.5) is 11.5 Å². The molecule has 3 aromatic heterocycles. The molecule has 0 spiro atoms. The Hall–Kier alpha value is -3.03. The zero-order valence-electron chi connectivity index (χ0n) is 11.2. The molecule has 0 aromatic carbocycles. The summed E-state index contributed by atoms with van der Waals surface area (Å²) in [4.78, 5) is 16.1. The van der Waals surface area contributed by atoms with Crippen LogP contribution in [0.3, 0.4) is 0 Å². The molecule has 3 aromatic rings. The molecule has 0 fully saturated rings. The topological polar surface area (TPSA) is 89.5 Å². The number of nitro groups is 1. The minimum absolute atomic E-state index is 0.0277. The third-order valence-electron chi connectivity index (χ3n) is 3.10. The largest absolute Gasteiger partial charge is 0.352 e. The molecule has 0 saturated carbocycles. The highest BCUT2D eigenvalue weighted by atomic mass is 16.6. The predicted molar refractivity (Wildman–Crippen MR) is 76.0 cm³/mol. The summed E-state index contributed by atoms with van der Waals surface area (Å²) in [7, 11) is 1.85. The maximum atomic E-state index is 10.6. The van der Waals surface area contributed by atoms with E-state index in [2.05, 4.69) is 15.2 Å². The van der Waals surface area contributed by atoms with Gasteiger partial charge in [0.1, 0.15) is 12.0 Å². The van der Waals surface area contributed by atoms with Crippen molar-refractivity contribution >= 4 is 17.2 Å². The van der Waals surface area contributed by atoms with Crippen LogP contribution in [0.5, 0.6) is 0 Å². The lowest BCUT2D eigenvalue weighted by Crippen LogP contribution is -2.19. The Labute approximate surface area is 119 Å². The van der Waals surface area contributed by atoms with Gasteiger partial charge in [0.2, 0.25) is 0 Å². The van der Waals surface area contributed by atoms with Crippen LogP contribution < -0.4 is 4.90 Å². The quantitative estimate of drug-likeness (QED) is 0.534. The molecule has 0 saturated heterocycles. The lowest BCUT2D eigenvalue weighted by Gasteiger charge is -2.16. The first-order valence-corrected chi connectivity index (χ1v) is 6.25. The molecule has 0 aliphatic rings. The number of nitrogens with zero attached hydrogens (tertiary/aromatic N) is 6. The van der Waals surface area contributed by atoms with Crippen molar-refractivity contribution < 1.29 is 4.92 Å². The van der Waals surface area contributed by atoms with E-state index in [1.165, 1.54) is 12.3 Å². The number of hydrogen-bond donors (Lipinski definition) is 0. The normalized spacial score (nSPS) is 10.7. The Bertz CT molecular complexity index is 783. The zero-order valence-corrected chi connectivity index (χ0v) is 11.2. The number of pyridine rings is 2. The fraction of sp³-hybridized carbons (Fsp3) is 0.154. The second-order valence-electron chi connectivity index (χ2n) is 4.53. The van der Waals surface area contributed by atoms with E-state index >= 15 is 0 Å². The molecule has 0 unspecified atom stereocenters. The fourth-order valence-corrected chi connectivity index (χ4v) is 2.00. The molecule has 3 rings (SSSR count). The van der Waals surface area contributed by atoms with Gasteiger partial charge in [0.25, 0.3) is 5.69 Å². The van der Waals surface area contributed by atoms with E-state index in [0.717, 1.165) is 11.5 Å². The molecule has 0 amide bonds. The molecule has 8 heteroatoms. The van der Waals surface area contributed by atoms with Crippen LogP contribution in [0, 0.1) is 10.1 Å². The lowest BCUT2D eigenvalue weighted by molar-refractivity contribution is -0.385. The van der Waals surface area contributed by atoms with E-state index in [1.54, 1.807) is 6.07 Å². The average molecular weight is 284 g/mol. The molecule has 0 atom stereocenters. The van der Waals surface area contributed by atoms with Gasteiger partial charge in [-0.15, -0.1) is 10.2 Å². The molecule has 0 bridgehead atoms. The monoisotopic (exact) mass is 284 g/mol. The van der Waals surface area contributed by atoms with Crippen LogP contribution >= 0.6 is 0 Å². The van der Waals surface area contributed by atoms with Gasteiger partial charge in [-0.2, -0.15) is 0 Å². The van der Waals surface area contributed by atoms with Crippen LogP contribution in [0.15, 0.2) is 42.7 Å². The molecule has 0 radical (unpaired) electrons. The van der Waals surface area contributed by atoms with E-state index in [0.29, 0.717) is 12.4 Å². The van der Waals surface area contributed by atoms with E-state index in [4.69, 9.17) is 0 Å². The third kappa shape index (κ3) is 2.50. The van der Waals surface area contributed by atoms with Crippen LogP contribution in [0.1, 0.15) is 5.82 Å². The molecule has 106 valence electrons. The van der Waals surface area contributed by atoms with Crippen molar-refractivity contribution in [2.45, 2.75) is 6.54 Å². The maximum absolute atomic E-state index is 10.6. The number of rotatable bonds is 4. The van der Waals surface area contributed by atoms with E-state index in [9.17, 15) is 10.1 Å². The van der Waals surface area contributed by atoms with Gasteiger partial charge in [0.05, 0.1) is 11.5 Å². The molecular formula is C13H12N6O2. The van der Waals surface area contributed by atoms with Gasteiger partial charge in [-0.1, -0.05) is 6.07 Å². The van der Waals surface area contributed by atoms with Crippen LogP contribution in [-0.2, 0) is 6.54 Å². The average Bonchev–Trinajstić information content (AvgIpc) is 2.91. The standard InChI is InChI=1S/C13H12N6O2/c1-17(11-6-5-10(8-14-11)19(20)21)9-13-16-15-12-4-2-3-7-18(12)13/h2-8H,9H2,1H3. The summed E-state index contributed by atoms with van der Waals surface area (Å²) in [5.74, 6) is 1.40. The lowest BCUT2D eigenvalue weighted by atomic mass is 10.4. The van der Waals surface area contributed by atoms with Crippen LogP contribution in [0.25, 0.3) is 5.65 Å². The summed E-state index contributed by atoms with van der Waals surface area (Å²) in [6.07, 6.45) is 3.13. The van der Waals surface area contributed by atoms with Crippen molar-refractivity contribution in [3.8, 4) is 0 Å². The first-order chi connectivity index (χ1) is 10.1. The minimum Gasteiger partial charge on any atom is -0.352 e. The van der Waals surface area contributed by atoms with Gasteiger partial charge in [0.15, 0.2) is 11.5 Å². The van der Waals surface area contributed by atoms with Crippen molar-refractivity contribution in [1.29, 1.82) is 0 Å². The highest BCUT2D eigenvalue weighted by molar-refractivity contribution is 5.43. The minimum atomic E-state index is -0.469. The van der Waals surface area contributed by atoms with Gasteiger partial charge >= 0.3 is 0 Å². The first kappa shape index (κ1) is 13.0. The van der Waals surface area contributed by atoms with E-state index in [-0.39, 0.29) is 5.69 Å². The summed E-state index contributed by atoms with van der Waals surface area (Å²) < 4.78 is 1.89. The van der Waals surface area contributed by atoms with Gasteiger partial charge in [-0.3, -0.25) is 14.5 Å². The summed E-state index contributed by atoms with van der Waals surface area (Å²) in [6, 6.07) is 8.72. The highest BCUT2D eigenvalue weighted by Gasteiger charge is 2.11. The second kappa shape index (κ2) is 5.16. The number of anilines is 1. The van der Waals surface area contributed by atoms with Gasteiger partial charge < -0.3 is 4.90 Å². The number of hydrogen-bond acceptors (Lipinski definition) is 6. The zero-order chi connectivity index (χ0) is 14.8. The first-order valence-electron chi connectivity index (χ1n) is 6.25. The van der Waals surface area contributed by atoms with Crippen molar-refractivity contribution in [1.82, 2.24) is 19.6 Å². The van der Waals surface area contributed by atoms with Crippen LogP contribution in [0.2, 0.25) is 0 Å². The second-order valence-corrected chi connectivity index (χ2v) is 4.53. The number of aromatic nitrogens is 4. The van der Waals surface area contributed by atoms with Gasteiger partial charge in [-0.05, 0) is 18.2 Å². The SMILES string of the molecule is CN(Cc1nnc2ccccn12)c1ccc([N+](=O)[O-])cn1. The van der Waals surface area contributed by atoms with E-state index in [1.807, 2.05) is 40.7 Å². The Morgan fingerprint density at radius 3 is 2.86 bits per heavy atom. The summed E-state index contributed by atoms with van der Waals surface area (Å²) >= 11 is 0. The van der Waals surface area contributed by atoms with Crippen molar-refractivity contribution in [3.63, 3.8) is 0 Å². The maximum Gasteiger partial charge on any atom is 0.287 e. The molecule has 8 nitrogen and oxygen atoms in total. The van der Waals surface area contributed by atoms with Crippen molar-refractivity contribution in [2.75, 3.05) is 11.9 Å². The molecule has 0 aliphatic carbocycles. The Morgan fingerprint density at radius 1 is 1.29 bits per heavy atom. The van der Waals surface area contributed by atoms with Crippen molar-refractivity contribution in [3.05, 3.63) is 58.7 Å². The van der Waals surface area contributed by atoms with E-state index < -0.39 is 4.92 Å². The summed E-state index contributed by atoms with van der Waals surface area (Å²) in [5, 5.41) is 18.8. The Balaban J connectivity index is 1.82. The highest BCUT2D eigenvalue weighted by Crippen LogP contribution is 2.16. The number of fused-ring (bicyclic) bond motifs is 1. The molecule has 0 aliphatic heterocycles. The summed E-state index contributed by atoms with van der Waals surface area (Å²) in [6.45, 7) is 0.496. The third-order valence-corrected chi connectivity index (χ3v) is 3.10.